The monoisotopic (exact) mass is 338 g/mol. The van der Waals surface area contributed by atoms with E-state index in [1.165, 1.54) is 17.4 Å². The Bertz CT molecular complexity index is 786. The molecule has 1 heterocycles. The Morgan fingerprint density at radius 3 is 2.52 bits per heavy atom. The second-order valence-corrected chi connectivity index (χ2v) is 6.72. The number of amides is 2. The van der Waals surface area contributed by atoms with Crippen LogP contribution in [0.2, 0.25) is 0 Å². The Morgan fingerprint density at radius 1 is 1.24 bits per heavy atom. The van der Waals surface area contributed by atoms with Crippen LogP contribution in [0.4, 0.5) is 0 Å². The van der Waals surface area contributed by atoms with Crippen molar-refractivity contribution in [2.75, 3.05) is 14.1 Å². The van der Waals surface area contributed by atoms with E-state index in [9.17, 15) is 9.59 Å². The van der Waals surface area contributed by atoms with Crippen molar-refractivity contribution in [1.29, 1.82) is 0 Å². The summed E-state index contributed by atoms with van der Waals surface area (Å²) >= 11 is 0. The van der Waals surface area contributed by atoms with Crippen LogP contribution in [-0.2, 0) is 11.3 Å². The molecule has 0 bridgehead atoms. The first kappa shape index (κ1) is 17.1. The topological polar surface area (TPSA) is 75.2 Å². The summed E-state index contributed by atoms with van der Waals surface area (Å²) < 4.78 is 0. The van der Waals surface area contributed by atoms with E-state index in [2.05, 4.69) is 22.2 Å². The van der Waals surface area contributed by atoms with Gasteiger partial charge in [0, 0.05) is 38.3 Å². The second kappa shape index (κ2) is 7.01. The fraction of sp³-hybridized carbons (Fsp3) is 0.368. The van der Waals surface area contributed by atoms with E-state index < -0.39 is 0 Å². The first-order valence-corrected chi connectivity index (χ1v) is 8.36. The van der Waals surface area contributed by atoms with Gasteiger partial charge in [0.05, 0.1) is 11.3 Å². The molecular weight excluding hydrogens is 316 g/mol. The molecule has 1 fully saturated rings. The molecule has 0 spiro atoms. The minimum absolute atomic E-state index is 0.131. The van der Waals surface area contributed by atoms with E-state index in [0.29, 0.717) is 23.7 Å². The van der Waals surface area contributed by atoms with Crippen LogP contribution in [0.1, 0.15) is 29.3 Å². The van der Waals surface area contributed by atoms with Crippen LogP contribution in [0, 0.1) is 11.8 Å². The van der Waals surface area contributed by atoms with Crippen molar-refractivity contribution in [2.45, 2.75) is 19.9 Å². The van der Waals surface area contributed by atoms with Crippen molar-refractivity contribution < 1.29 is 9.59 Å². The maximum Gasteiger partial charge on any atom is 0.257 e. The van der Waals surface area contributed by atoms with Gasteiger partial charge >= 0.3 is 0 Å². The quantitative estimate of drug-likeness (QED) is 0.906. The highest BCUT2D eigenvalue weighted by molar-refractivity contribution is 5.99. The zero-order valence-corrected chi connectivity index (χ0v) is 14.7. The number of aromatic nitrogens is 2. The third kappa shape index (κ3) is 3.84. The molecule has 1 aliphatic carbocycles. The van der Waals surface area contributed by atoms with Gasteiger partial charge in [0.15, 0.2) is 0 Å². The molecule has 2 unspecified atom stereocenters. The largest absolute Gasteiger partial charge is 0.352 e. The number of hydrogen-bond acceptors (Lipinski definition) is 4. The Morgan fingerprint density at radius 2 is 1.92 bits per heavy atom. The number of rotatable bonds is 5. The Labute approximate surface area is 147 Å². The zero-order chi connectivity index (χ0) is 18.0. The van der Waals surface area contributed by atoms with Crippen molar-refractivity contribution in [3.63, 3.8) is 0 Å². The molecule has 0 saturated heterocycles. The lowest BCUT2D eigenvalue weighted by atomic mass is 10.0. The third-order valence-electron chi connectivity index (χ3n) is 4.49. The van der Waals surface area contributed by atoms with Gasteiger partial charge in [-0.05, 0) is 17.9 Å². The summed E-state index contributed by atoms with van der Waals surface area (Å²) in [5.41, 5.74) is 2.94. The minimum atomic E-state index is -0.134. The molecule has 0 radical (unpaired) electrons. The summed E-state index contributed by atoms with van der Waals surface area (Å²) in [7, 11) is 3.40. The lowest BCUT2D eigenvalue weighted by molar-refractivity contribution is -0.122. The highest BCUT2D eigenvalue weighted by Gasteiger charge is 2.38. The van der Waals surface area contributed by atoms with Gasteiger partial charge in [-0.15, -0.1) is 0 Å². The van der Waals surface area contributed by atoms with Crippen LogP contribution in [0.3, 0.4) is 0 Å². The third-order valence-corrected chi connectivity index (χ3v) is 4.49. The zero-order valence-electron chi connectivity index (χ0n) is 14.7. The standard InChI is InChI=1S/C19H22N4O2/c1-12-8-15(12)18(24)21-9-13-4-6-14(7-5-13)17-16(10-20-11-22-17)19(25)23(2)3/h4-7,10-12,15H,8-9H2,1-3H3,(H,21,24). The molecule has 6 nitrogen and oxygen atoms in total. The van der Waals surface area contributed by atoms with Crippen molar-refractivity contribution in [3.8, 4) is 11.3 Å². The molecule has 3 rings (SSSR count). The van der Waals surface area contributed by atoms with E-state index in [1.807, 2.05) is 24.3 Å². The van der Waals surface area contributed by atoms with E-state index in [1.54, 1.807) is 14.1 Å². The SMILES string of the molecule is CC1CC1C(=O)NCc1ccc(-c2ncncc2C(=O)N(C)C)cc1. The van der Waals surface area contributed by atoms with Crippen LogP contribution in [0.15, 0.2) is 36.8 Å². The van der Waals surface area contributed by atoms with Crippen LogP contribution >= 0.6 is 0 Å². The van der Waals surface area contributed by atoms with Gasteiger partial charge in [0.25, 0.3) is 5.91 Å². The summed E-state index contributed by atoms with van der Waals surface area (Å²) in [6.07, 6.45) is 3.96. The number of nitrogens with zero attached hydrogens (tertiary/aromatic N) is 3. The lowest BCUT2D eigenvalue weighted by Crippen LogP contribution is -2.24. The van der Waals surface area contributed by atoms with Crippen LogP contribution in [-0.4, -0.2) is 40.8 Å². The van der Waals surface area contributed by atoms with E-state index in [4.69, 9.17) is 0 Å². The van der Waals surface area contributed by atoms with Crippen molar-refractivity contribution in [2.24, 2.45) is 11.8 Å². The lowest BCUT2D eigenvalue weighted by Gasteiger charge is -2.13. The van der Waals surface area contributed by atoms with E-state index in [0.717, 1.165) is 17.5 Å². The first-order chi connectivity index (χ1) is 12.0. The fourth-order valence-corrected chi connectivity index (χ4v) is 2.75. The molecule has 2 atom stereocenters. The molecule has 1 aromatic heterocycles. The summed E-state index contributed by atoms with van der Waals surface area (Å²) in [5, 5.41) is 2.97. The molecule has 2 amide bonds. The van der Waals surface area contributed by atoms with E-state index in [-0.39, 0.29) is 17.7 Å². The molecule has 2 aromatic rings. The van der Waals surface area contributed by atoms with E-state index >= 15 is 0 Å². The normalized spacial score (nSPS) is 18.5. The highest BCUT2D eigenvalue weighted by Crippen LogP contribution is 2.37. The number of nitrogens with one attached hydrogen (secondary N) is 1. The van der Waals surface area contributed by atoms with Crippen molar-refractivity contribution >= 4 is 11.8 Å². The maximum atomic E-state index is 12.3. The number of carbonyl (C=O) groups is 2. The summed E-state index contributed by atoms with van der Waals surface area (Å²) in [4.78, 5) is 33.9. The molecule has 6 heteroatoms. The predicted octanol–water partition coefficient (Wildman–Crippen LogP) is 2.12. The highest BCUT2D eigenvalue weighted by atomic mass is 16.2. The smallest absolute Gasteiger partial charge is 0.257 e. The molecular formula is C19H22N4O2. The molecule has 1 aliphatic rings. The molecule has 1 N–H and O–H groups in total. The fourth-order valence-electron chi connectivity index (χ4n) is 2.75. The molecule has 25 heavy (non-hydrogen) atoms. The average molecular weight is 338 g/mol. The van der Waals surface area contributed by atoms with Gasteiger partial charge in [-0.2, -0.15) is 0 Å². The van der Waals surface area contributed by atoms with Gasteiger partial charge in [-0.1, -0.05) is 31.2 Å². The van der Waals surface area contributed by atoms with Crippen LogP contribution in [0.25, 0.3) is 11.3 Å². The van der Waals surface area contributed by atoms with Crippen molar-refractivity contribution in [1.82, 2.24) is 20.2 Å². The first-order valence-electron chi connectivity index (χ1n) is 8.36. The van der Waals surface area contributed by atoms with Crippen LogP contribution < -0.4 is 5.32 Å². The van der Waals surface area contributed by atoms with Crippen LogP contribution in [0.5, 0.6) is 0 Å². The molecule has 130 valence electrons. The number of carbonyl (C=O) groups excluding carboxylic acids is 2. The molecule has 0 aliphatic heterocycles. The minimum Gasteiger partial charge on any atom is -0.352 e. The number of benzene rings is 1. The molecule has 1 saturated carbocycles. The number of hydrogen-bond donors (Lipinski definition) is 1. The average Bonchev–Trinajstić information content (AvgIpc) is 3.36. The van der Waals surface area contributed by atoms with Gasteiger partial charge in [-0.3, -0.25) is 9.59 Å². The van der Waals surface area contributed by atoms with Gasteiger partial charge in [0.1, 0.15) is 6.33 Å². The van der Waals surface area contributed by atoms with Crippen molar-refractivity contribution in [3.05, 3.63) is 47.9 Å². The predicted molar refractivity (Wildman–Crippen MR) is 94.6 cm³/mol. The Kier molecular flexibility index (Phi) is 4.79. The Balaban J connectivity index is 1.72. The van der Waals surface area contributed by atoms with Gasteiger partial charge < -0.3 is 10.2 Å². The Hall–Kier alpha value is -2.76. The summed E-state index contributed by atoms with van der Waals surface area (Å²) in [6.45, 7) is 2.60. The summed E-state index contributed by atoms with van der Waals surface area (Å²) in [6, 6.07) is 7.71. The molecule has 1 aromatic carbocycles. The summed E-state index contributed by atoms with van der Waals surface area (Å²) in [5.74, 6) is 0.685. The van der Waals surface area contributed by atoms with Gasteiger partial charge in [-0.25, -0.2) is 9.97 Å². The maximum absolute atomic E-state index is 12.3. The second-order valence-electron chi connectivity index (χ2n) is 6.72. The van der Waals surface area contributed by atoms with Gasteiger partial charge in [0.2, 0.25) is 5.91 Å².